The van der Waals surface area contributed by atoms with Crippen LogP contribution in [0.3, 0.4) is 0 Å². The first kappa shape index (κ1) is 15.5. The average molecular weight is 310 g/mol. The molecule has 1 aliphatic rings. The molecular formula is C19H22N2O2. The molecule has 1 fully saturated rings. The number of pyridine rings is 1. The first-order valence-corrected chi connectivity index (χ1v) is 8.19. The van der Waals surface area contributed by atoms with E-state index < -0.39 is 0 Å². The molecule has 0 unspecified atom stereocenters. The fourth-order valence-corrected chi connectivity index (χ4v) is 3.23. The third kappa shape index (κ3) is 4.31. The maximum atomic E-state index is 12.1. The van der Waals surface area contributed by atoms with Gasteiger partial charge in [0, 0.05) is 17.7 Å². The van der Waals surface area contributed by atoms with Crippen molar-refractivity contribution in [3.8, 4) is 5.75 Å². The maximum absolute atomic E-state index is 12.1. The number of nitrogens with one attached hydrogen (secondary N) is 1. The normalized spacial score (nSPS) is 20.9. The number of aromatic hydroxyl groups is 1. The number of aromatic nitrogens is 1. The van der Waals surface area contributed by atoms with E-state index in [-0.39, 0.29) is 17.7 Å². The summed E-state index contributed by atoms with van der Waals surface area (Å²) in [6, 6.07) is 13.7. The summed E-state index contributed by atoms with van der Waals surface area (Å²) in [6.07, 6.45) is 5.95. The minimum Gasteiger partial charge on any atom is -0.506 e. The van der Waals surface area contributed by atoms with Crippen molar-refractivity contribution in [2.75, 3.05) is 0 Å². The molecule has 0 radical (unpaired) electrons. The Bertz CT molecular complexity index is 632. The number of nitrogens with zero attached hydrogens (tertiary/aromatic N) is 1. The highest BCUT2D eigenvalue weighted by atomic mass is 16.3. The number of carbonyl (C=O) groups excluding carboxylic acids is 1. The lowest BCUT2D eigenvalue weighted by atomic mass is 9.84. The van der Waals surface area contributed by atoms with Crippen LogP contribution in [-0.2, 0) is 11.2 Å². The Balaban J connectivity index is 1.47. The van der Waals surface area contributed by atoms with Crippen LogP contribution >= 0.6 is 0 Å². The minimum absolute atomic E-state index is 0.0995. The Morgan fingerprint density at radius 3 is 2.48 bits per heavy atom. The van der Waals surface area contributed by atoms with Crippen molar-refractivity contribution < 1.29 is 9.90 Å². The van der Waals surface area contributed by atoms with Crippen molar-refractivity contribution in [3.05, 3.63) is 59.9 Å². The minimum atomic E-state index is 0.0995. The third-order valence-corrected chi connectivity index (χ3v) is 4.49. The molecule has 23 heavy (non-hydrogen) atoms. The highest BCUT2D eigenvalue weighted by Gasteiger charge is 2.24. The first-order chi connectivity index (χ1) is 11.2. The molecule has 4 heteroatoms. The van der Waals surface area contributed by atoms with E-state index in [1.165, 1.54) is 6.20 Å². The molecule has 0 atom stereocenters. The Kier molecular flexibility index (Phi) is 4.91. The summed E-state index contributed by atoms with van der Waals surface area (Å²) in [5, 5.41) is 12.5. The third-order valence-electron chi connectivity index (χ3n) is 4.49. The van der Waals surface area contributed by atoms with Gasteiger partial charge in [-0.3, -0.25) is 9.78 Å². The van der Waals surface area contributed by atoms with Gasteiger partial charge in [0.2, 0.25) is 5.91 Å². The van der Waals surface area contributed by atoms with E-state index in [0.717, 1.165) is 36.9 Å². The number of amides is 1. The summed E-state index contributed by atoms with van der Waals surface area (Å²) in [4.78, 5) is 16.4. The number of carbonyl (C=O) groups is 1. The monoisotopic (exact) mass is 310 g/mol. The molecule has 0 saturated heterocycles. The van der Waals surface area contributed by atoms with Gasteiger partial charge in [-0.15, -0.1) is 0 Å². The van der Waals surface area contributed by atoms with E-state index in [4.69, 9.17) is 0 Å². The quantitative estimate of drug-likeness (QED) is 0.912. The van der Waals surface area contributed by atoms with Gasteiger partial charge in [-0.2, -0.15) is 0 Å². The highest BCUT2D eigenvalue weighted by Crippen LogP contribution is 2.32. The van der Waals surface area contributed by atoms with Crippen molar-refractivity contribution >= 4 is 5.91 Å². The number of hydrogen-bond acceptors (Lipinski definition) is 3. The SMILES string of the molecule is O=C(Cc1ccccc1)NC1CCC(c2ccc(O)cn2)CC1. The summed E-state index contributed by atoms with van der Waals surface area (Å²) >= 11 is 0. The van der Waals surface area contributed by atoms with Crippen LogP contribution in [-0.4, -0.2) is 22.0 Å². The Morgan fingerprint density at radius 2 is 1.83 bits per heavy atom. The van der Waals surface area contributed by atoms with E-state index in [2.05, 4.69) is 10.3 Å². The van der Waals surface area contributed by atoms with Crippen LogP contribution < -0.4 is 5.32 Å². The van der Waals surface area contributed by atoms with Gasteiger partial charge in [-0.1, -0.05) is 30.3 Å². The molecule has 4 nitrogen and oxygen atoms in total. The standard InChI is InChI=1S/C19H22N2O2/c22-17-10-11-18(20-13-17)15-6-8-16(9-7-15)21-19(23)12-14-4-2-1-3-5-14/h1-5,10-11,13,15-16,22H,6-9,12H2,(H,21,23). The van der Waals surface area contributed by atoms with Gasteiger partial charge in [0.05, 0.1) is 12.6 Å². The molecule has 1 aromatic heterocycles. The lowest BCUT2D eigenvalue weighted by Crippen LogP contribution is -2.38. The van der Waals surface area contributed by atoms with Crippen molar-refractivity contribution in [1.82, 2.24) is 10.3 Å². The van der Waals surface area contributed by atoms with E-state index >= 15 is 0 Å². The fraction of sp³-hybridized carbons (Fsp3) is 0.368. The molecule has 1 amide bonds. The van der Waals surface area contributed by atoms with E-state index in [1.807, 2.05) is 36.4 Å². The van der Waals surface area contributed by atoms with Crippen LogP contribution in [0.4, 0.5) is 0 Å². The van der Waals surface area contributed by atoms with Crippen molar-refractivity contribution in [3.63, 3.8) is 0 Å². The first-order valence-electron chi connectivity index (χ1n) is 8.19. The van der Waals surface area contributed by atoms with Gasteiger partial charge in [-0.25, -0.2) is 0 Å². The lowest BCUT2D eigenvalue weighted by molar-refractivity contribution is -0.121. The fourth-order valence-electron chi connectivity index (χ4n) is 3.23. The molecule has 2 N–H and O–H groups in total. The summed E-state index contributed by atoms with van der Waals surface area (Å²) in [7, 11) is 0. The Hall–Kier alpha value is -2.36. The smallest absolute Gasteiger partial charge is 0.224 e. The second-order valence-electron chi connectivity index (χ2n) is 6.22. The molecule has 1 aliphatic carbocycles. The Labute approximate surface area is 136 Å². The van der Waals surface area contributed by atoms with Gasteiger partial charge in [0.25, 0.3) is 0 Å². The number of rotatable bonds is 4. The van der Waals surface area contributed by atoms with Gasteiger partial charge >= 0.3 is 0 Å². The molecule has 0 bridgehead atoms. The highest BCUT2D eigenvalue weighted by molar-refractivity contribution is 5.78. The maximum Gasteiger partial charge on any atom is 0.224 e. The topological polar surface area (TPSA) is 62.2 Å². The molecule has 0 aliphatic heterocycles. The van der Waals surface area contributed by atoms with Crippen LogP contribution in [0.5, 0.6) is 5.75 Å². The molecule has 1 aromatic carbocycles. The molecule has 1 saturated carbocycles. The van der Waals surface area contributed by atoms with E-state index in [9.17, 15) is 9.90 Å². The summed E-state index contributed by atoms with van der Waals surface area (Å²) < 4.78 is 0. The lowest BCUT2D eigenvalue weighted by Gasteiger charge is -2.28. The predicted molar refractivity (Wildman–Crippen MR) is 89.2 cm³/mol. The molecule has 1 heterocycles. The average Bonchev–Trinajstić information content (AvgIpc) is 2.57. The summed E-state index contributed by atoms with van der Waals surface area (Å²) in [5.41, 5.74) is 2.09. The van der Waals surface area contributed by atoms with Crippen molar-refractivity contribution in [1.29, 1.82) is 0 Å². The number of hydrogen-bond donors (Lipinski definition) is 2. The summed E-state index contributed by atoms with van der Waals surface area (Å²) in [6.45, 7) is 0. The zero-order valence-electron chi connectivity index (χ0n) is 13.1. The molecular weight excluding hydrogens is 288 g/mol. The van der Waals surface area contributed by atoms with E-state index in [1.54, 1.807) is 6.07 Å². The van der Waals surface area contributed by atoms with Crippen LogP contribution in [0.25, 0.3) is 0 Å². The molecule has 0 spiro atoms. The zero-order valence-corrected chi connectivity index (χ0v) is 13.1. The van der Waals surface area contributed by atoms with Crippen LogP contribution in [0, 0.1) is 0 Å². The van der Waals surface area contributed by atoms with Gasteiger partial charge in [0.1, 0.15) is 5.75 Å². The van der Waals surface area contributed by atoms with Crippen LogP contribution in [0.1, 0.15) is 42.9 Å². The van der Waals surface area contributed by atoms with Gasteiger partial charge in [-0.05, 0) is 43.4 Å². The predicted octanol–water partition coefficient (Wildman–Crippen LogP) is 3.17. The number of benzene rings is 1. The largest absolute Gasteiger partial charge is 0.506 e. The molecule has 3 rings (SSSR count). The van der Waals surface area contributed by atoms with Crippen LogP contribution in [0.15, 0.2) is 48.7 Å². The van der Waals surface area contributed by atoms with Gasteiger partial charge in [0.15, 0.2) is 0 Å². The van der Waals surface area contributed by atoms with E-state index in [0.29, 0.717) is 12.3 Å². The Morgan fingerprint density at radius 1 is 1.09 bits per heavy atom. The second-order valence-corrected chi connectivity index (χ2v) is 6.22. The molecule has 2 aromatic rings. The second kappa shape index (κ2) is 7.27. The van der Waals surface area contributed by atoms with Gasteiger partial charge < -0.3 is 10.4 Å². The van der Waals surface area contributed by atoms with Crippen molar-refractivity contribution in [2.45, 2.75) is 44.1 Å². The van der Waals surface area contributed by atoms with Crippen LogP contribution in [0.2, 0.25) is 0 Å². The zero-order chi connectivity index (χ0) is 16.1. The summed E-state index contributed by atoms with van der Waals surface area (Å²) in [5.74, 6) is 0.732. The van der Waals surface area contributed by atoms with Crippen molar-refractivity contribution in [2.24, 2.45) is 0 Å². The molecule has 120 valence electrons.